The molecular formula is C33H42ClF2N7O4S. The van der Waals surface area contributed by atoms with Crippen LogP contribution in [0.5, 0.6) is 0 Å². The second-order valence-electron chi connectivity index (χ2n) is 14.4. The highest BCUT2D eigenvalue weighted by Gasteiger charge is 2.53. The van der Waals surface area contributed by atoms with Crippen LogP contribution in [0.15, 0.2) is 41.3 Å². The van der Waals surface area contributed by atoms with Crippen molar-refractivity contribution < 1.29 is 26.8 Å². The lowest BCUT2D eigenvalue weighted by Gasteiger charge is -2.60. The minimum atomic E-state index is -3.82. The second kappa shape index (κ2) is 12.4. The first kappa shape index (κ1) is 33.6. The zero-order chi connectivity index (χ0) is 34.0. The number of aromatic nitrogens is 1. The van der Waals surface area contributed by atoms with E-state index in [0.29, 0.717) is 25.1 Å². The summed E-state index contributed by atoms with van der Waals surface area (Å²) in [5.41, 5.74) is 6.52. The number of rotatable bonds is 7. The van der Waals surface area contributed by atoms with Crippen molar-refractivity contribution in [3.8, 4) is 0 Å². The molecule has 5 fully saturated rings. The van der Waals surface area contributed by atoms with E-state index in [0.717, 1.165) is 26.2 Å². The van der Waals surface area contributed by atoms with Gasteiger partial charge < -0.3 is 25.3 Å². The molecule has 2 N–H and O–H groups in total. The molecule has 2 aromatic rings. The molecule has 4 aliphatic heterocycles. The van der Waals surface area contributed by atoms with Crippen LogP contribution in [0.25, 0.3) is 0 Å². The minimum Gasteiger partial charge on any atom is -0.354 e. The van der Waals surface area contributed by atoms with E-state index in [-0.39, 0.29) is 96.1 Å². The Bertz CT molecular complexity index is 1670. The Hall–Kier alpha value is -2.91. The summed E-state index contributed by atoms with van der Waals surface area (Å²) < 4.78 is 60.2. The lowest BCUT2D eigenvalue weighted by molar-refractivity contribution is -0.163. The van der Waals surface area contributed by atoms with Gasteiger partial charge in [-0.05, 0) is 69.1 Å². The van der Waals surface area contributed by atoms with Gasteiger partial charge in [-0.25, -0.2) is 22.2 Å². The SMILES string of the molecule is CN1CC2(C1)CN(C(=O)[C@H]1CC[C@H](C(F)(F)c3cc(Cl)nc(N4CCN(S(=O)(=O)c5ccc(N6C[C@H](N)CC6=O)cc5)CC4)c3)CC1)C2. The van der Waals surface area contributed by atoms with Crippen LogP contribution in [0, 0.1) is 17.3 Å². The molecule has 1 aromatic carbocycles. The minimum absolute atomic E-state index is 0.0491. The number of carbonyl (C=O) groups is 2. The molecule has 15 heteroatoms. The number of hydrogen-bond donors (Lipinski definition) is 1. The number of nitrogens with zero attached hydrogens (tertiary/aromatic N) is 6. The van der Waals surface area contributed by atoms with Crippen LogP contribution < -0.4 is 15.5 Å². The lowest BCUT2D eigenvalue weighted by atomic mass is 9.71. The molecule has 1 aromatic heterocycles. The number of sulfonamides is 1. The molecule has 5 aliphatic rings. The molecule has 0 radical (unpaired) electrons. The first-order chi connectivity index (χ1) is 22.7. The maximum absolute atomic E-state index is 16.0. The van der Waals surface area contributed by atoms with Crippen LogP contribution in [0.2, 0.25) is 5.15 Å². The molecular weight excluding hydrogens is 664 g/mol. The Balaban J connectivity index is 0.953. The Kier molecular flexibility index (Phi) is 8.71. The normalized spacial score (nSPS) is 26.9. The molecule has 0 bridgehead atoms. The van der Waals surface area contributed by atoms with Gasteiger partial charge in [0, 0.05) is 99.9 Å². The molecule has 4 saturated heterocycles. The van der Waals surface area contributed by atoms with Crippen molar-refractivity contribution >= 4 is 44.9 Å². The van der Waals surface area contributed by atoms with E-state index < -0.39 is 21.9 Å². The van der Waals surface area contributed by atoms with Crippen LogP contribution in [0.3, 0.4) is 0 Å². The molecule has 11 nitrogen and oxygen atoms in total. The van der Waals surface area contributed by atoms with E-state index >= 15 is 8.78 Å². The van der Waals surface area contributed by atoms with Crippen LogP contribution in [-0.4, -0.2) is 111 Å². The Morgan fingerprint density at radius 1 is 1.00 bits per heavy atom. The van der Waals surface area contributed by atoms with E-state index in [1.165, 1.54) is 28.6 Å². The number of likely N-dealkylation sites (tertiary alicyclic amines) is 2. The van der Waals surface area contributed by atoms with Crippen molar-refractivity contribution in [2.75, 3.05) is 75.8 Å². The molecule has 2 amide bonds. The van der Waals surface area contributed by atoms with Gasteiger partial charge in [-0.3, -0.25) is 9.59 Å². The molecule has 260 valence electrons. The van der Waals surface area contributed by atoms with Gasteiger partial charge in [-0.1, -0.05) is 11.6 Å². The predicted octanol–water partition coefficient (Wildman–Crippen LogP) is 2.98. The fourth-order valence-electron chi connectivity index (χ4n) is 8.34. The van der Waals surface area contributed by atoms with E-state index in [1.807, 2.05) is 4.90 Å². The number of amides is 2. The fraction of sp³-hybridized carbons (Fsp3) is 0.606. The lowest BCUT2D eigenvalue weighted by Crippen LogP contribution is -2.72. The number of halogens is 3. The fourth-order valence-corrected chi connectivity index (χ4v) is 9.97. The third-order valence-electron chi connectivity index (χ3n) is 10.8. The smallest absolute Gasteiger partial charge is 0.276 e. The Morgan fingerprint density at radius 3 is 2.23 bits per heavy atom. The van der Waals surface area contributed by atoms with Crippen molar-refractivity contribution in [3.05, 3.63) is 47.1 Å². The highest BCUT2D eigenvalue weighted by atomic mass is 35.5. The maximum Gasteiger partial charge on any atom is 0.276 e. The van der Waals surface area contributed by atoms with Gasteiger partial charge in [0.2, 0.25) is 21.8 Å². The highest BCUT2D eigenvalue weighted by Crippen LogP contribution is 2.47. The zero-order valence-corrected chi connectivity index (χ0v) is 28.6. The van der Waals surface area contributed by atoms with Gasteiger partial charge in [0.25, 0.3) is 5.92 Å². The monoisotopic (exact) mass is 705 g/mol. The van der Waals surface area contributed by atoms with Crippen molar-refractivity contribution in [3.63, 3.8) is 0 Å². The number of nitrogens with two attached hydrogens (primary N) is 1. The maximum atomic E-state index is 16.0. The topological polar surface area (TPSA) is 123 Å². The summed E-state index contributed by atoms with van der Waals surface area (Å²) in [4.78, 5) is 37.2. The predicted molar refractivity (Wildman–Crippen MR) is 177 cm³/mol. The second-order valence-corrected chi connectivity index (χ2v) is 16.8. The van der Waals surface area contributed by atoms with Crippen LogP contribution in [-0.2, 0) is 25.5 Å². The van der Waals surface area contributed by atoms with E-state index in [4.69, 9.17) is 17.3 Å². The molecule has 48 heavy (non-hydrogen) atoms. The zero-order valence-electron chi connectivity index (χ0n) is 27.0. The van der Waals surface area contributed by atoms with Crippen LogP contribution >= 0.6 is 11.6 Å². The number of pyridine rings is 1. The number of alkyl halides is 2. The summed E-state index contributed by atoms with van der Waals surface area (Å²) in [6.45, 7) is 4.72. The first-order valence-electron chi connectivity index (χ1n) is 16.7. The summed E-state index contributed by atoms with van der Waals surface area (Å²) in [5.74, 6) is -3.99. The highest BCUT2D eigenvalue weighted by molar-refractivity contribution is 7.89. The summed E-state index contributed by atoms with van der Waals surface area (Å²) in [7, 11) is -1.75. The van der Waals surface area contributed by atoms with Gasteiger partial charge in [-0.15, -0.1) is 0 Å². The number of carbonyl (C=O) groups excluding carboxylic acids is 2. The van der Waals surface area contributed by atoms with E-state index in [9.17, 15) is 18.0 Å². The standard InChI is InChI=1S/C33H42ClF2N7O4S/c1-39-18-32(19-39)20-41(21-32)31(45)22-2-4-23(5-3-22)33(35,36)24-14-28(34)38-29(15-24)40-10-12-42(13-11-40)48(46,47)27-8-6-26(7-9-27)43-17-25(37)16-30(43)44/h6-9,14-15,22-23,25H,2-5,10-13,16-21,37H2,1H3/t22-,23-,25-/m1/s1. The quantitative estimate of drug-likeness (QED) is 0.437. The van der Waals surface area contributed by atoms with Gasteiger partial charge in [-0.2, -0.15) is 4.31 Å². The molecule has 1 aliphatic carbocycles. The summed E-state index contributed by atoms with van der Waals surface area (Å²) in [5, 5.41) is -0.0491. The van der Waals surface area contributed by atoms with Crippen molar-refractivity contribution in [1.29, 1.82) is 0 Å². The number of benzene rings is 1. The molecule has 1 spiro atoms. The molecule has 1 saturated carbocycles. The van der Waals surface area contributed by atoms with E-state index in [2.05, 4.69) is 16.9 Å². The number of hydrogen-bond acceptors (Lipinski definition) is 8. The van der Waals surface area contributed by atoms with Crippen molar-refractivity contribution in [1.82, 2.24) is 19.1 Å². The van der Waals surface area contributed by atoms with Gasteiger partial charge >= 0.3 is 0 Å². The molecule has 5 heterocycles. The van der Waals surface area contributed by atoms with Crippen LogP contribution in [0.1, 0.15) is 37.7 Å². The summed E-state index contributed by atoms with van der Waals surface area (Å²) in [6.07, 6.45) is 1.64. The van der Waals surface area contributed by atoms with Gasteiger partial charge in [0.1, 0.15) is 11.0 Å². The van der Waals surface area contributed by atoms with Crippen molar-refractivity contribution in [2.24, 2.45) is 23.0 Å². The van der Waals surface area contributed by atoms with E-state index in [1.54, 1.807) is 21.9 Å². The Labute approximate surface area is 285 Å². The Morgan fingerprint density at radius 2 is 1.65 bits per heavy atom. The largest absolute Gasteiger partial charge is 0.354 e. The van der Waals surface area contributed by atoms with Gasteiger partial charge in [0.05, 0.1) is 4.90 Å². The van der Waals surface area contributed by atoms with Crippen LogP contribution in [0.4, 0.5) is 20.3 Å². The summed E-state index contributed by atoms with van der Waals surface area (Å²) >= 11 is 6.28. The summed E-state index contributed by atoms with van der Waals surface area (Å²) in [6, 6.07) is 8.52. The third-order valence-corrected chi connectivity index (χ3v) is 12.9. The molecule has 1 atom stereocenters. The van der Waals surface area contributed by atoms with Gasteiger partial charge in [0.15, 0.2) is 0 Å². The first-order valence-corrected chi connectivity index (χ1v) is 18.5. The number of piperazine rings is 1. The number of anilines is 2. The van der Waals surface area contributed by atoms with Crippen molar-refractivity contribution in [2.45, 2.75) is 49.0 Å². The average molecular weight is 706 g/mol. The molecule has 0 unspecified atom stereocenters. The average Bonchev–Trinajstić information content (AvgIpc) is 3.39. The third kappa shape index (κ3) is 6.19. The molecule has 7 rings (SSSR count).